The van der Waals surface area contributed by atoms with Gasteiger partial charge in [-0.1, -0.05) is 23.8 Å². The van der Waals surface area contributed by atoms with Gasteiger partial charge in [0, 0.05) is 6.54 Å². The molecule has 0 saturated carbocycles. The lowest BCUT2D eigenvalue weighted by Gasteiger charge is -2.04. The van der Waals surface area contributed by atoms with E-state index >= 15 is 0 Å². The Kier molecular flexibility index (Phi) is 2.86. The number of benzene rings is 1. The van der Waals surface area contributed by atoms with Crippen molar-refractivity contribution in [2.24, 2.45) is 0 Å². The second-order valence-corrected chi connectivity index (χ2v) is 2.89. The quantitative estimate of drug-likeness (QED) is 0.670. The molecule has 0 unspecified atom stereocenters. The van der Waals surface area contributed by atoms with Gasteiger partial charge in [0.15, 0.2) is 0 Å². The fourth-order valence-corrected chi connectivity index (χ4v) is 1.12. The number of rotatable bonds is 3. The molecule has 1 aromatic carbocycles. The molecule has 0 spiro atoms. The Bertz CT molecular complexity index is 281. The predicted octanol–water partition coefficient (Wildman–Crippen LogP) is 1.46. The number of nitrogens with one attached hydrogen (secondary N) is 1. The maximum atomic E-state index is 9.94. The van der Waals surface area contributed by atoms with Crippen molar-refractivity contribution < 1.29 is 4.79 Å². The average Bonchev–Trinajstić information content (AvgIpc) is 2.07. The molecule has 63 valence electrons. The summed E-state index contributed by atoms with van der Waals surface area (Å²) in [5.41, 5.74) is 3.56. The molecule has 0 aliphatic carbocycles. The number of amides is 1. The predicted molar refractivity (Wildman–Crippen MR) is 48.4 cm³/mol. The van der Waals surface area contributed by atoms with Crippen molar-refractivity contribution in [1.82, 2.24) is 5.32 Å². The van der Waals surface area contributed by atoms with Crippen molar-refractivity contribution in [3.63, 3.8) is 0 Å². The zero-order valence-electron chi connectivity index (χ0n) is 7.35. The van der Waals surface area contributed by atoms with Gasteiger partial charge in [-0.25, -0.2) is 0 Å². The Labute approximate surface area is 72.6 Å². The SMILES string of the molecule is Cc1ccc(C)c(CN[C]=O)c1. The summed E-state index contributed by atoms with van der Waals surface area (Å²) in [4.78, 5) is 9.94. The van der Waals surface area contributed by atoms with E-state index in [-0.39, 0.29) is 0 Å². The molecule has 0 heterocycles. The second kappa shape index (κ2) is 3.90. The van der Waals surface area contributed by atoms with Crippen LogP contribution < -0.4 is 5.32 Å². The van der Waals surface area contributed by atoms with Crippen LogP contribution in [0.4, 0.5) is 0 Å². The maximum absolute atomic E-state index is 9.94. The summed E-state index contributed by atoms with van der Waals surface area (Å²) in [6.45, 7) is 4.63. The normalized spacial score (nSPS) is 9.50. The van der Waals surface area contributed by atoms with E-state index in [4.69, 9.17) is 0 Å². The van der Waals surface area contributed by atoms with E-state index in [1.807, 2.05) is 13.8 Å². The molecule has 1 rings (SSSR count). The molecule has 0 fully saturated rings. The molecule has 1 aromatic rings. The third-order valence-electron chi connectivity index (χ3n) is 1.86. The van der Waals surface area contributed by atoms with Gasteiger partial charge in [-0.2, -0.15) is 0 Å². The molecule has 0 aromatic heterocycles. The average molecular weight is 162 g/mol. The standard InChI is InChI=1S/C10H12NO/c1-8-3-4-9(2)10(5-8)6-11-7-12/h3-5H,6H2,1-2H3,(H,11,12). The number of aryl methyl sites for hydroxylation is 2. The molecule has 1 radical (unpaired) electrons. The van der Waals surface area contributed by atoms with Crippen molar-refractivity contribution in [2.75, 3.05) is 0 Å². The van der Waals surface area contributed by atoms with Gasteiger partial charge in [0.25, 0.3) is 0 Å². The lowest BCUT2D eigenvalue weighted by Crippen LogP contribution is -2.10. The third-order valence-corrected chi connectivity index (χ3v) is 1.86. The highest BCUT2D eigenvalue weighted by atomic mass is 16.1. The first kappa shape index (κ1) is 8.78. The maximum Gasteiger partial charge on any atom is 0.309 e. The van der Waals surface area contributed by atoms with E-state index in [0.29, 0.717) is 6.54 Å². The fraction of sp³-hybridized carbons (Fsp3) is 0.300. The van der Waals surface area contributed by atoms with Crippen molar-refractivity contribution in [3.8, 4) is 0 Å². The Morgan fingerprint density at radius 2 is 2.17 bits per heavy atom. The molecule has 0 saturated heterocycles. The minimum absolute atomic E-state index is 0.566. The fourth-order valence-electron chi connectivity index (χ4n) is 1.12. The molecule has 2 nitrogen and oxygen atoms in total. The monoisotopic (exact) mass is 162 g/mol. The summed E-state index contributed by atoms with van der Waals surface area (Å²) < 4.78 is 0. The largest absolute Gasteiger partial charge is 0.344 e. The Morgan fingerprint density at radius 1 is 1.42 bits per heavy atom. The van der Waals surface area contributed by atoms with Crippen LogP contribution in [0.15, 0.2) is 18.2 Å². The second-order valence-electron chi connectivity index (χ2n) is 2.89. The first-order valence-corrected chi connectivity index (χ1v) is 3.90. The zero-order chi connectivity index (χ0) is 8.97. The van der Waals surface area contributed by atoms with Crippen LogP contribution in [0.3, 0.4) is 0 Å². The van der Waals surface area contributed by atoms with Crippen LogP contribution >= 0.6 is 0 Å². The summed E-state index contributed by atoms with van der Waals surface area (Å²) in [6.07, 6.45) is 1.66. The molecular formula is C10H12NO. The lowest BCUT2D eigenvalue weighted by atomic mass is 10.1. The van der Waals surface area contributed by atoms with E-state index in [1.54, 1.807) is 6.41 Å². The van der Waals surface area contributed by atoms with Gasteiger partial charge in [0.1, 0.15) is 0 Å². The topological polar surface area (TPSA) is 29.1 Å². The summed E-state index contributed by atoms with van der Waals surface area (Å²) in [5.74, 6) is 0. The molecule has 0 aliphatic rings. The van der Waals surface area contributed by atoms with E-state index in [2.05, 4.69) is 23.5 Å². The van der Waals surface area contributed by atoms with Crippen molar-refractivity contribution in [1.29, 1.82) is 0 Å². The van der Waals surface area contributed by atoms with Gasteiger partial charge >= 0.3 is 6.41 Å². The summed E-state index contributed by atoms with van der Waals surface area (Å²) in [5, 5.41) is 2.53. The van der Waals surface area contributed by atoms with E-state index < -0.39 is 0 Å². The molecule has 1 amide bonds. The first-order valence-electron chi connectivity index (χ1n) is 3.90. The van der Waals surface area contributed by atoms with Crippen LogP contribution in [-0.4, -0.2) is 6.41 Å². The van der Waals surface area contributed by atoms with E-state index in [1.165, 1.54) is 11.1 Å². The lowest BCUT2D eigenvalue weighted by molar-refractivity contribution is 0.542. The Hall–Kier alpha value is -1.31. The van der Waals surface area contributed by atoms with Gasteiger partial charge in [-0.3, -0.25) is 4.79 Å². The smallest absolute Gasteiger partial charge is 0.309 e. The number of carbonyl (C=O) groups excluding carboxylic acids is 1. The number of hydrogen-bond acceptors (Lipinski definition) is 1. The highest BCUT2D eigenvalue weighted by Gasteiger charge is 1.96. The van der Waals surface area contributed by atoms with Gasteiger partial charge in [0.2, 0.25) is 0 Å². The van der Waals surface area contributed by atoms with E-state index in [0.717, 1.165) is 5.56 Å². The molecule has 0 aliphatic heterocycles. The molecular weight excluding hydrogens is 150 g/mol. The van der Waals surface area contributed by atoms with E-state index in [9.17, 15) is 4.79 Å². The van der Waals surface area contributed by atoms with Crippen molar-refractivity contribution in [2.45, 2.75) is 20.4 Å². The van der Waals surface area contributed by atoms with Crippen LogP contribution in [0, 0.1) is 13.8 Å². The number of hydrogen-bond donors (Lipinski definition) is 1. The highest BCUT2D eigenvalue weighted by Crippen LogP contribution is 2.09. The van der Waals surface area contributed by atoms with Gasteiger partial charge in [-0.05, 0) is 25.0 Å². The van der Waals surface area contributed by atoms with Crippen molar-refractivity contribution in [3.05, 3.63) is 34.9 Å². The van der Waals surface area contributed by atoms with Crippen LogP contribution in [0.25, 0.3) is 0 Å². The molecule has 1 N–H and O–H groups in total. The minimum Gasteiger partial charge on any atom is -0.344 e. The van der Waals surface area contributed by atoms with Crippen LogP contribution in [0.1, 0.15) is 16.7 Å². The van der Waals surface area contributed by atoms with Gasteiger partial charge < -0.3 is 5.32 Å². The third kappa shape index (κ3) is 2.09. The Balaban J connectivity index is 2.82. The molecule has 0 bridgehead atoms. The Morgan fingerprint density at radius 3 is 2.83 bits per heavy atom. The van der Waals surface area contributed by atoms with Crippen molar-refractivity contribution >= 4 is 6.41 Å². The summed E-state index contributed by atoms with van der Waals surface area (Å²) in [6, 6.07) is 6.18. The van der Waals surface area contributed by atoms with Crippen LogP contribution in [-0.2, 0) is 11.3 Å². The summed E-state index contributed by atoms with van der Waals surface area (Å²) >= 11 is 0. The van der Waals surface area contributed by atoms with Gasteiger partial charge in [0.05, 0.1) is 0 Å². The first-order chi connectivity index (χ1) is 5.74. The molecule has 2 heteroatoms. The van der Waals surface area contributed by atoms with Crippen LogP contribution in [0.2, 0.25) is 0 Å². The summed E-state index contributed by atoms with van der Waals surface area (Å²) in [7, 11) is 0. The van der Waals surface area contributed by atoms with Crippen LogP contribution in [0.5, 0.6) is 0 Å². The zero-order valence-corrected chi connectivity index (χ0v) is 7.35. The molecule has 12 heavy (non-hydrogen) atoms. The van der Waals surface area contributed by atoms with Gasteiger partial charge in [-0.15, -0.1) is 0 Å². The molecule has 0 atom stereocenters. The minimum atomic E-state index is 0.566. The highest BCUT2D eigenvalue weighted by molar-refractivity contribution is 5.47.